The third kappa shape index (κ3) is 6.77. The van der Waals surface area contributed by atoms with Gasteiger partial charge in [-0.25, -0.2) is 17.6 Å². The maximum Gasteiger partial charge on any atom is 0.338 e. The molecule has 0 radical (unpaired) electrons. The number of halogens is 3. The largest absolute Gasteiger partial charge is 0.456 e. The summed E-state index contributed by atoms with van der Waals surface area (Å²) in [4.78, 5) is 27.4. The van der Waals surface area contributed by atoms with Gasteiger partial charge in [0.05, 0.1) is 26.9 Å². The van der Waals surface area contributed by atoms with Crippen molar-refractivity contribution in [2.45, 2.75) is 50.0 Å². The Morgan fingerprint density at radius 2 is 1.57 bits per heavy atom. The van der Waals surface area contributed by atoms with Crippen LogP contribution >= 0.6 is 23.2 Å². The monoisotopic (exact) mass is 606 g/mol. The number of esters is 1. The van der Waals surface area contributed by atoms with Crippen LogP contribution in [0.2, 0.25) is 10.0 Å². The van der Waals surface area contributed by atoms with E-state index < -0.39 is 38.2 Å². The Bertz CT molecular complexity index is 1550. The average molecular weight is 608 g/mol. The summed E-state index contributed by atoms with van der Waals surface area (Å²) in [5.41, 5.74) is 0.443. The first-order valence-electron chi connectivity index (χ1n) is 12.6. The van der Waals surface area contributed by atoms with Crippen LogP contribution in [0.25, 0.3) is 0 Å². The highest BCUT2D eigenvalue weighted by atomic mass is 35.5. The predicted molar refractivity (Wildman–Crippen MR) is 153 cm³/mol. The highest BCUT2D eigenvalue weighted by Gasteiger charge is 2.31. The molecular weight excluding hydrogens is 578 g/mol. The molecule has 4 rings (SSSR count). The van der Waals surface area contributed by atoms with Gasteiger partial charge >= 0.3 is 5.97 Å². The number of nitrogens with zero attached hydrogens (tertiary/aromatic N) is 1. The molecule has 0 aromatic heterocycles. The van der Waals surface area contributed by atoms with Crippen molar-refractivity contribution in [3.05, 3.63) is 93.2 Å². The second-order valence-corrected chi connectivity index (χ2v) is 13.0. The summed E-state index contributed by atoms with van der Waals surface area (Å²) in [6, 6.07) is 14.9. The second kappa shape index (κ2) is 11.8. The fourth-order valence-electron chi connectivity index (χ4n) is 4.58. The summed E-state index contributed by atoms with van der Waals surface area (Å²) in [6.45, 7) is 6.16. The van der Waals surface area contributed by atoms with Crippen molar-refractivity contribution in [1.29, 1.82) is 0 Å². The minimum atomic E-state index is -4.34. The fourth-order valence-corrected chi connectivity index (χ4v) is 6.50. The number of para-hydroxylation sites is 1. The molecule has 0 atom stereocenters. The van der Waals surface area contributed by atoms with Crippen LogP contribution in [0.15, 0.2) is 65.6 Å². The van der Waals surface area contributed by atoms with E-state index in [9.17, 15) is 22.4 Å². The summed E-state index contributed by atoms with van der Waals surface area (Å²) in [7, 11) is -4.34. The zero-order valence-corrected chi connectivity index (χ0v) is 24.5. The normalized spacial score (nSPS) is 14.6. The van der Waals surface area contributed by atoms with Gasteiger partial charge in [0.2, 0.25) is 0 Å². The lowest BCUT2D eigenvalue weighted by Gasteiger charge is -2.33. The number of anilines is 1. The first kappa shape index (κ1) is 29.8. The van der Waals surface area contributed by atoms with Gasteiger partial charge in [-0.3, -0.25) is 9.52 Å². The van der Waals surface area contributed by atoms with Gasteiger partial charge in [0.15, 0.2) is 0 Å². The zero-order valence-electron chi connectivity index (χ0n) is 22.2. The molecular formula is C29H29Cl2FN2O5S. The van der Waals surface area contributed by atoms with E-state index in [1.165, 1.54) is 24.3 Å². The van der Waals surface area contributed by atoms with Crippen LogP contribution < -0.4 is 4.72 Å². The Morgan fingerprint density at radius 1 is 0.950 bits per heavy atom. The molecule has 11 heteroatoms. The molecule has 3 aromatic carbocycles. The molecule has 1 aliphatic heterocycles. The Morgan fingerprint density at radius 3 is 2.23 bits per heavy atom. The van der Waals surface area contributed by atoms with Gasteiger partial charge in [-0.1, -0.05) is 53.5 Å². The second-order valence-electron chi connectivity index (χ2n) is 10.5. The first-order chi connectivity index (χ1) is 18.8. The van der Waals surface area contributed by atoms with Crippen molar-refractivity contribution in [2.24, 2.45) is 0 Å². The number of likely N-dealkylation sites (tertiary alicyclic amines) is 1. The van der Waals surface area contributed by atoms with E-state index >= 15 is 0 Å². The van der Waals surface area contributed by atoms with E-state index in [4.69, 9.17) is 27.9 Å². The fraction of sp³-hybridized carbons (Fsp3) is 0.310. The summed E-state index contributed by atoms with van der Waals surface area (Å²) in [5.74, 6) is -1.59. The number of hydrogen-bond acceptors (Lipinski definition) is 5. The quantitative estimate of drug-likeness (QED) is 0.308. The van der Waals surface area contributed by atoms with E-state index in [0.717, 1.165) is 17.7 Å². The zero-order chi connectivity index (χ0) is 29.2. The van der Waals surface area contributed by atoms with Crippen LogP contribution in [0, 0.1) is 5.82 Å². The molecule has 1 N–H and O–H groups in total. The highest BCUT2D eigenvalue weighted by molar-refractivity contribution is 7.92. The molecule has 1 heterocycles. The molecule has 1 aliphatic rings. The molecule has 1 saturated heterocycles. The van der Waals surface area contributed by atoms with E-state index in [1.807, 2.05) is 32.9 Å². The van der Waals surface area contributed by atoms with Crippen molar-refractivity contribution in [3.8, 4) is 0 Å². The molecule has 1 fully saturated rings. The van der Waals surface area contributed by atoms with Crippen molar-refractivity contribution in [3.63, 3.8) is 0 Å². The maximum absolute atomic E-state index is 14.1. The van der Waals surface area contributed by atoms with Crippen molar-refractivity contribution in [1.82, 2.24) is 4.90 Å². The smallest absolute Gasteiger partial charge is 0.338 e. The molecule has 0 aliphatic carbocycles. The van der Waals surface area contributed by atoms with Crippen LogP contribution in [0.4, 0.5) is 10.1 Å². The molecule has 3 aromatic rings. The summed E-state index contributed by atoms with van der Waals surface area (Å²) in [6.07, 6.45) is 1.16. The van der Waals surface area contributed by atoms with Crippen LogP contribution in [0.5, 0.6) is 0 Å². The Hall–Kier alpha value is -3.14. The number of ether oxygens (including phenoxy) is 1. The summed E-state index contributed by atoms with van der Waals surface area (Å²) >= 11 is 12.5. The number of benzene rings is 3. The average Bonchev–Trinajstić information content (AvgIpc) is 2.88. The van der Waals surface area contributed by atoms with Gasteiger partial charge < -0.3 is 9.64 Å². The van der Waals surface area contributed by atoms with Crippen LogP contribution in [0.3, 0.4) is 0 Å². The molecule has 0 saturated carbocycles. The highest BCUT2D eigenvalue weighted by Crippen LogP contribution is 2.34. The first-order valence-corrected chi connectivity index (χ1v) is 14.9. The number of rotatable bonds is 6. The van der Waals surface area contributed by atoms with Crippen molar-refractivity contribution < 1.29 is 27.1 Å². The lowest BCUT2D eigenvalue weighted by molar-refractivity contribution is 0.00668. The third-order valence-electron chi connectivity index (χ3n) is 6.46. The number of carbonyl (C=O) groups excluding carboxylic acids is 2. The Labute approximate surface area is 243 Å². The number of piperidine rings is 1. The molecule has 0 unspecified atom stereocenters. The summed E-state index contributed by atoms with van der Waals surface area (Å²) in [5, 5.41) is -0.208. The van der Waals surface area contributed by atoms with Crippen molar-refractivity contribution in [2.75, 3.05) is 17.8 Å². The van der Waals surface area contributed by atoms with Crippen LogP contribution in [0.1, 0.15) is 65.8 Å². The Balaban J connectivity index is 1.52. The van der Waals surface area contributed by atoms with Crippen LogP contribution in [-0.2, 0) is 14.8 Å². The lowest BCUT2D eigenvalue weighted by Crippen LogP contribution is -2.38. The predicted octanol–water partition coefficient (Wildman–Crippen LogP) is 6.91. The minimum Gasteiger partial charge on any atom is -0.456 e. The molecule has 0 spiro atoms. The van der Waals surface area contributed by atoms with E-state index in [0.29, 0.717) is 31.5 Å². The molecule has 212 valence electrons. The van der Waals surface area contributed by atoms with Gasteiger partial charge in [0, 0.05) is 13.1 Å². The van der Waals surface area contributed by atoms with E-state index in [-0.39, 0.29) is 27.2 Å². The Kier molecular flexibility index (Phi) is 8.77. The summed E-state index contributed by atoms with van der Waals surface area (Å²) < 4.78 is 47.9. The lowest BCUT2D eigenvalue weighted by atomic mass is 9.86. The van der Waals surface area contributed by atoms with Crippen LogP contribution in [-0.4, -0.2) is 43.9 Å². The van der Waals surface area contributed by atoms with Gasteiger partial charge in [-0.2, -0.15) is 0 Å². The molecule has 0 bridgehead atoms. The third-order valence-corrected chi connectivity index (χ3v) is 8.60. The SMILES string of the molecule is CC(C)(C)OC(=O)c1ccccc1C1CCN(C(=O)c2cc(S(=O)(=O)Nc3ccccc3F)c(Cl)cc2Cl)CC1. The van der Waals surface area contributed by atoms with E-state index in [2.05, 4.69) is 4.72 Å². The molecule has 7 nitrogen and oxygen atoms in total. The number of nitrogens with one attached hydrogen (secondary N) is 1. The number of sulfonamides is 1. The van der Waals surface area contributed by atoms with Gasteiger partial charge in [-0.05, 0) is 75.4 Å². The number of carbonyl (C=O) groups is 2. The maximum atomic E-state index is 14.1. The van der Waals surface area contributed by atoms with E-state index in [1.54, 1.807) is 17.0 Å². The minimum absolute atomic E-state index is 0.00256. The van der Waals surface area contributed by atoms with Crippen molar-refractivity contribution >= 4 is 50.8 Å². The number of hydrogen-bond donors (Lipinski definition) is 1. The van der Waals surface area contributed by atoms with Gasteiger partial charge in [-0.15, -0.1) is 0 Å². The molecule has 40 heavy (non-hydrogen) atoms. The van der Waals surface area contributed by atoms with Gasteiger partial charge in [0.1, 0.15) is 16.3 Å². The number of amides is 1. The van der Waals surface area contributed by atoms with Gasteiger partial charge in [0.25, 0.3) is 15.9 Å². The standard InChI is InChI=1S/C29H29Cl2FN2O5S/c1-29(2,3)39-28(36)20-9-5-4-8-19(20)18-12-14-34(15-13-18)27(35)21-16-26(23(31)17-22(21)30)40(37,38)33-25-11-7-6-10-24(25)32/h4-11,16-18,33H,12-15H2,1-3H3. The molecule has 1 amide bonds. The topological polar surface area (TPSA) is 92.8 Å².